The number of carbonyl (C=O) groups is 3. The van der Waals surface area contributed by atoms with Crippen LogP contribution >= 0.6 is 0 Å². The van der Waals surface area contributed by atoms with Gasteiger partial charge in [0.2, 0.25) is 5.91 Å². The number of rotatable bonds is 7. The van der Waals surface area contributed by atoms with Crippen molar-refractivity contribution in [2.75, 3.05) is 17.7 Å². The van der Waals surface area contributed by atoms with Crippen LogP contribution in [0.2, 0.25) is 0 Å². The monoisotopic (exact) mass is 491 g/mol. The molecule has 0 unspecified atom stereocenters. The smallest absolute Gasteiger partial charge is 0.325 e. The molecule has 4 amide bonds. The number of hydrogen-bond donors (Lipinski definition) is 2. The summed E-state index contributed by atoms with van der Waals surface area (Å²) in [6.07, 6.45) is 8.42. The number of anilines is 2. The van der Waals surface area contributed by atoms with Crippen molar-refractivity contribution in [3.8, 4) is 0 Å². The van der Waals surface area contributed by atoms with Gasteiger partial charge in [-0.05, 0) is 67.9 Å². The molecule has 2 aliphatic rings. The van der Waals surface area contributed by atoms with E-state index < -0.39 is 18.0 Å². The van der Waals surface area contributed by atoms with Gasteiger partial charge < -0.3 is 16.0 Å². The number of nitrogen functional groups attached to an aromatic ring is 1. The summed E-state index contributed by atoms with van der Waals surface area (Å²) < 4.78 is 0. The van der Waals surface area contributed by atoms with Crippen molar-refractivity contribution in [3.05, 3.63) is 53.7 Å². The molecule has 1 saturated heterocycles. The minimum atomic E-state index is -0.889. The molecule has 192 valence electrons. The third-order valence-electron chi connectivity index (χ3n) is 7.76. The second kappa shape index (κ2) is 11.1. The van der Waals surface area contributed by atoms with Gasteiger partial charge in [0.05, 0.1) is 5.92 Å². The highest BCUT2D eigenvalue weighted by Crippen LogP contribution is 2.34. The SMILES string of the molecule is CC[C@@H](NC(=O)N1C(=O)[C@H](Cc2ccnc(N)c2)[C@H]1C(=O)N(C)c1ccccc1C)C1CCCCC1. The van der Waals surface area contributed by atoms with Crippen molar-refractivity contribution in [3.63, 3.8) is 0 Å². The van der Waals surface area contributed by atoms with Crippen molar-refractivity contribution in [2.45, 2.75) is 70.9 Å². The number of urea groups is 1. The Morgan fingerprint density at radius 2 is 1.92 bits per heavy atom. The van der Waals surface area contributed by atoms with Gasteiger partial charge in [-0.3, -0.25) is 14.5 Å². The Balaban J connectivity index is 1.58. The molecule has 4 rings (SSSR count). The summed E-state index contributed by atoms with van der Waals surface area (Å²) in [5, 5.41) is 3.10. The molecule has 3 N–H and O–H groups in total. The Hall–Kier alpha value is -3.42. The second-order valence-corrected chi connectivity index (χ2v) is 10.1. The Morgan fingerprint density at radius 3 is 2.58 bits per heavy atom. The fourth-order valence-electron chi connectivity index (χ4n) is 5.71. The molecule has 1 aliphatic heterocycles. The minimum Gasteiger partial charge on any atom is -0.384 e. The molecule has 0 bridgehead atoms. The predicted molar refractivity (Wildman–Crippen MR) is 140 cm³/mol. The number of para-hydroxylation sites is 1. The maximum atomic E-state index is 13.8. The number of aryl methyl sites for hydroxylation is 1. The number of imide groups is 1. The summed E-state index contributed by atoms with van der Waals surface area (Å²) in [5.41, 5.74) is 8.34. The van der Waals surface area contributed by atoms with Crippen LogP contribution in [0.4, 0.5) is 16.3 Å². The van der Waals surface area contributed by atoms with E-state index in [1.165, 1.54) is 19.3 Å². The lowest BCUT2D eigenvalue weighted by atomic mass is 9.81. The van der Waals surface area contributed by atoms with E-state index in [2.05, 4.69) is 17.2 Å². The number of pyridine rings is 1. The number of likely N-dealkylation sites (N-methyl/N-ethyl adjacent to an activating group) is 1. The van der Waals surface area contributed by atoms with Crippen molar-refractivity contribution >= 4 is 29.4 Å². The van der Waals surface area contributed by atoms with Crippen LogP contribution in [-0.2, 0) is 16.0 Å². The Kier molecular flexibility index (Phi) is 7.91. The lowest BCUT2D eigenvalue weighted by Crippen LogP contribution is -2.71. The van der Waals surface area contributed by atoms with Crippen LogP contribution in [0.5, 0.6) is 0 Å². The van der Waals surface area contributed by atoms with E-state index >= 15 is 0 Å². The number of benzene rings is 1. The van der Waals surface area contributed by atoms with Crippen LogP contribution in [0.25, 0.3) is 0 Å². The highest BCUT2D eigenvalue weighted by atomic mass is 16.2. The Morgan fingerprint density at radius 1 is 1.19 bits per heavy atom. The summed E-state index contributed by atoms with van der Waals surface area (Å²) in [6.45, 7) is 3.99. The molecular formula is C28H37N5O3. The standard InChI is InChI=1S/C28H37N5O3/c1-4-22(20-11-6-5-7-12-20)31-28(36)33-25(27(35)32(3)23-13-9-8-10-18(23)2)21(26(33)34)16-19-14-15-30-24(29)17-19/h8-10,13-15,17,20-22,25H,4-7,11-12,16H2,1-3H3,(H2,29,30)(H,31,36)/t21-,22-,25+/m1/s1. The lowest BCUT2D eigenvalue weighted by Gasteiger charge is -2.46. The summed E-state index contributed by atoms with van der Waals surface area (Å²) in [4.78, 5) is 47.2. The number of amides is 4. The first-order chi connectivity index (χ1) is 17.3. The maximum absolute atomic E-state index is 13.8. The normalized spacial score (nSPS) is 21.0. The van der Waals surface area contributed by atoms with Gasteiger partial charge in [0.15, 0.2) is 0 Å². The molecule has 2 heterocycles. The zero-order chi connectivity index (χ0) is 25.8. The third-order valence-corrected chi connectivity index (χ3v) is 7.76. The van der Waals surface area contributed by atoms with Crippen LogP contribution in [0.15, 0.2) is 42.6 Å². The van der Waals surface area contributed by atoms with E-state index in [1.54, 1.807) is 30.3 Å². The average Bonchev–Trinajstić information content (AvgIpc) is 2.88. The molecule has 2 aromatic rings. The molecule has 8 heteroatoms. The van der Waals surface area contributed by atoms with E-state index in [9.17, 15) is 14.4 Å². The first-order valence-electron chi connectivity index (χ1n) is 13.0. The van der Waals surface area contributed by atoms with Crippen LogP contribution < -0.4 is 16.0 Å². The zero-order valence-corrected chi connectivity index (χ0v) is 21.4. The number of nitrogens with one attached hydrogen (secondary N) is 1. The number of hydrogen-bond acceptors (Lipinski definition) is 5. The van der Waals surface area contributed by atoms with Crippen LogP contribution in [0.1, 0.15) is 56.6 Å². The molecule has 1 aliphatic carbocycles. The van der Waals surface area contributed by atoms with Gasteiger partial charge in [-0.25, -0.2) is 9.78 Å². The van der Waals surface area contributed by atoms with Gasteiger partial charge >= 0.3 is 6.03 Å². The van der Waals surface area contributed by atoms with Crippen LogP contribution in [0, 0.1) is 18.8 Å². The summed E-state index contributed by atoms with van der Waals surface area (Å²) >= 11 is 0. The third kappa shape index (κ3) is 5.22. The van der Waals surface area contributed by atoms with E-state index in [1.807, 2.05) is 31.2 Å². The van der Waals surface area contributed by atoms with Crippen LogP contribution in [-0.4, -0.2) is 46.9 Å². The Labute approximate surface area is 213 Å². The van der Waals surface area contributed by atoms with Gasteiger partial charge in [0, 0.05) is 25.0 Å². The summed E-state index contributed by atoms with van der Waals surface area (Å²) in [6, 6.07) is 9.71. The quantitative estimate of drug-likeness (QED) is 0.568. The second-order valence-electron chi connectivity index (χ2n) is 10.1. The Bertz CT molecular complexity index is 1110. The predicted octanol–water partition coefficient (Wildman–Crippen LogP) is 4.07. The van der Waals surface area contributed by atoms with Crippen molar-refractivity contribution in [2.24, 2.45) is 11.8 Å². The molecular weight excluding hydrogens is 454 g/mol. The van der Waals surface area contributed by atoms with Crippen molar-refractivity contribution in [1.82, 2.24) is 15.2 Å². The minimum absolute atomic E-state index is 0.00510. The van der Waals surface area contributed by atoms with Gasteiger partial charge in [0.1, 0.15) is 11.9 Å². The number of carbonyl (C=O) groups excluding carboxylic acids is 3. The fourth-order valence-corrected chi connectivity index (χ4v) is 5.71. The fraction of sp³-hybridized carbons (Fsp3) is 0.500. The number of likely N-dealkylation sites (tertiary alicyclic amines) is 1. The van der Waals surface area contributed by atoms with E-state index in [0.29, 0.717) is 18.2 Å². The average molecular weight is 492 g/mol. The topological polar surface area (TPSA) is 109 Å². The molecule has 2 fully saturated rings. The number of β-lactam (4-membered cyclic amide) rings is 1. The van der Waals surface area contributed by atoms with Crippen molar-refractivity contribution in [1.29, 1.82) is 0 Å². The number of aromatic nitrogens is 1. The molecule has 0 radical (unpaired) electrons. The van der Waals surface area contributed by atoms with E-state index in [0.717, 1.165) is 41.0 Å². The van der Waals surface area contributed by atoms with Crippen LogP contribution in [0.3, 0.4) is 0 Å². The van der Waals surface area contributed by atoms with Gasteiger partial charge in [0.25, 0.3) is 5.91 Å². The zero-order valence-electron chi connectivity index (χ0n) is 21.4. The first-order valence-corrected chi connectivity index (χ1v) is 13.0. The van der Waals surface area contributed by atoms with Gasteiger partial charge in [-0.2, -0.15) is 0 Å². The molecule has 36 heavy (non-hydrogen) atoms. The van der Waals surface area contributed by atoms with E-state index in [-0.39, 0.29) is 17.9 Å². The molecule has 1 aromatic heterocycles. The summed E-state index contributed by atoms with van der Waals surface area (Å²) in [5.74, 6) is -0.503. The lowest BCUT2D eigenvalue weighted by molar-refractivity contribution is -0.156. The maximum Gasteiger partial charge on any atom is 0.325 e. The molecule has 0 spiro atoms. The van der Waals surface area contributed by atoms with Crippen molar-refractivity contribution < 1.29 is 14.4 Å². The summed E-state index contributed by atoms with van der Waals surface area (Å²) in [7, 11) is 1.70. The molecule has 1 aromatic carbocycles. The van der Waals surface area contributed by atoms with Gasteiger partial charge in [-0.15, -0.1) is 0 Å². The first kappa shape index (κ1) is 25.7. The van der Waals surface area contributed by atoms with Gasteiger partial charge in [-0.1, -0.05) is 44.4 Å². The molecule has 1 saturated carbocycles. The largest absolute Gasteiger partial charge is 0.384 e. The highest BCUT2D eigenvalue weighted by Gasteiger charge is 2.55. The molecule has 3 atom stereocenters. The number of nitrogens with zero attached hydrogens (tertiary/aromatic N) is 3. The van der Waals surface area contributed by atoms with E-state index in [4.69, 9.17) is 5.73 Å². The highest BCUT2D eigenvalue weighted by molar-refractivity contribution is 6.12. The number of nitrogens with two attached hydrogens (primary N) is 1. The molecule has 8 nitrogen and oxygen atoms in total.